The number of aryl methyl sites for hydroxylation is 3. The van der Waals surface area contributed by atoms with E-state index in [0.29, 0.717) is 5.56 Å². The standard InChI is InChI=1S/C13H14N4/c1-4-13-15-5-6-17(13)12-7-9(2)16-10(3)11(12)8-14/h5-7H,4H2,1-3H3. The average molecular weight is 226 g/mol. The molecule has 2 aromatic rings. The molecule has 0 atom stereocenters. The van der Waals surface area contributed by atoms with Gasteiger partial charge in [0.2, 0.25) is 0 Å². The van der Waals surface area contributed by atoms with Crippen LogP contribution in [0.2, 0.25) is 0 Å². The van der Waals surface area contributed by atoms with E-state index in [1.807, 2.05) is 37.6 Å². The second-order valence-electron chi connectivity index (χ2n) is 3.92. The van der Waals surface area contributed by atoms with E-state index in [-0.39, 0.29) is 0 Å². The van der Waals surface area contributed by atoms with Crippen molar-refractivity contribution in [2.24, 2.45) is 0 Å². The van der Waals surface area contributed by atoms with Crippen LogP contribution in [0.15, 0.2) is 18.5 Å². The molecule has 2 heterocycles. The van der Waals surface area contributed by atoms with Crippen molar-refractivity contribution in [3.63, 3.8) is 0 Å². The Morgan fingerprint density at radius 3 is 2.82 bits per heavy atom. The van der Waals surface area contributed by atoms with Gasteiger partial charge in [0.25, 0.3) is 0 Å². The van der Waals surface area contributed by atoms with E-state index in [2.05, 4.69) is 16.0 Å². The second kappa shape index (κ2) is 4.38. The lowest BCUT2D eigenvalue weighted by Crippen LogP contribution is -2.05. The highest BCUT2D eigenvalue weighted by atomic mass is 15.1. The van der Waals surface area contributed by atoms with Gasteiger partial charge in [0.15, 0.2) is 0 Å². The minimum atomic E-state index is 0.614. The van der Waals surface area contributed by atoms with Crippen molar-refractivity contribution in [2.45, 2.75) is 27.2 Å². The highest BCUT2D eigenvalue weighted by molar-refractivity contribution is 5.52. The molecule has 2 rings (SSSR count). The summed E-state index contributed by atoms with van der Waals surface area (Å²) in [4.78, 5) is 8.59. The quantitative estimate of drug-likeness (QED) is 0.789. The zero-order valence-electron chi connectivity index (χ0n) is 10.2. The maximum atomic E-state index is 9.23. The topological polar surface area (TPSA) is 54.5 Å². The number of aromatic nitrogens is 3. The molecule has 0 saturated heterocycles. The fraction of sp³-hybridized carbons (Fsp3) is 0.308. The molecule has 0 aliphatic carbocycles. The van der Waals surface area contributed by atoms with Crippen LogP contribution >= 0.6 is 0 Å². The number of pyridine rings is 1. The Morgan fingerprint density at radius 2 is 2.18 bits per heavy atom. The van der Waals surface area contributed by atoms with Crippen molar-refractivity contribution in [1.82, 2.24) is 14.5 Å². The summed E-state index contributed by atoms with van der Waals surface area (Å²) in [6.45, 7) is 5.84. The lowest BCUT2D eigenvalue weighted by Gasteiger charge is -2.11. The van der Waals surface area contributed by atoms with Crippen LogP contribution in [0.4, 0.5) is 0 Å². The third-order valence-electron chi connectivity index (χ3n) is 2.71. The first-order valence-corrected chi connectivity index (χ1v) is 5.58. The van der Waals surface area contributed by atoms with Crippen molar-refractivity contribution >= 4 is 0 Å². The Kier molecular flexibility index (Phi) is 2.92. The van der Waals surface area contributed by atoms with Crippen molar-refractivity contribution < 1.29 is 0 Å². The van der Waals surface area contributed by atoms with Crippen LogP contribution in [0.25, 0.3) is 5.69 Å². The summed E-state index contributed by atoms with van der Waals surface area (Å²) >= 11 is 0. The van der Waals surface area contributed by atoms with Gasteiger partial charge in [-0.1, -0.05) is 6.92 Å². The Hall–Kier alpha value is -2.15. The zero-order chi connectivity index (χ0) is 12.4. The lowest BCUT2D eigenvalue weighted by molar-refractivity contribution is 0.881. The summed E-state index contributed by atoms with van der Waals surface area (Å²) in [5.41, 5.74) is 3.15. The third kappa shape index (κ3) is 1.92. The highest BCUT2D eigenvalue weighted by Crippen LogP contribution is 2.19. The molecule has 0 fully saturated rings. The van der Waals surface area contributed by atoms with Gasteiger partial charge in [-0.15, -0.1) is 0 Å². The van der Waals surface area contributed by atoms with Crippen molar-refractivity contribution in [2.75, 3.05) is 0 Å². The normalized spacial score (nSPS) is 10.2. The third-order valence-corrected chi connectivity index (χ3v) is 2.71. The molecule has 0 N–H and O–H groups in total. The van der Waals surface area contributed by atoms with E-state index in [0.717, 1.165) is 29.3 Å². The summed E-state index contributed by atoms with van der Waals surface area (Å²) in [5, 5.41) is 9.23. The van der Waals surface area contributed by atoms with Gasteiger partial charge < -0.3 is 4.57 Å². The number of nitrogens with zero attached hydrogens (tertiary/aromatic N) is 4. The van der Waals surface area contributed by atoms with E-state index >= 15 is 0 Å². The summed E-state index contributed by atoms with van der Waals surface area (Å²) in [6, 6.07) is 4.14. The van der Waals surface area contributed by atoms with Crippen molar-refractivity contribution in [1.29, 1.82) is 5.26 Å². The Labute approximate surface area is 101 Å². The summed E-state index contributed by atoms with van der Waals surface area (Å²) in [6.07, 6.45) is 4.47. The number of imidazole rings is 1. The molecule has 2 aromatic heterocycles. The first-order chi connectivity index (χ1) is 8.17. The van der Waals surface area contributed by atoms with E-state index in [9.17, 15) is 5.26 Å². The number of hydrogen-bond donors (Lipinski definition) is 0. The van der Waals surface area contributed by atoms with Gasteiger partial charge >= 0.3 is 0 Å². The Bertz CT molecular complexity index is 590. The smallest absolute Gasteiger partial charge is 0.112 e. The molecular weight excluding hydrogens is 212 g/mol. The zero-order valence-corrected chi connectivity index (χ0v) is 10.2. The van der Waals surface area contributed by atoms with E-state index in [1.165, 1.54) is 0 Å². The molecule has 4 heteroatoms. The number of nitriles is 1. The molecule has 86 valence electrons. The van der Waals surface area contributed by atoms with E-state index in [1.54, 1.807) is 6.20 Å². The Balaban J connectivity index is 2.71. The van der Waals surface area contributed by atoms with E-state index < -0.39 is 0 Å². The predicted octanol–water partition coefficient (Wildman–Crippen LogP) is 2.32. The molecule has 17 heavy (non-hydrogen) atoms. The van der Waals surface area contributed by atoms with Crippen LogP contribution in [0.5, 0.6) is 0 Å². The minimum Gasteiger partial charge on any atom is -0.302 e. The molecule has 0 aliphatic heterocycles. The van der Waals surface area contributed by atoms with Crippen molar-refractivity contribution in [3.8, 4) is 11.8 Å². The maximum Gasteiger partial charge on any atom is 0.112 e. The van der Waals surface area contributed by atoms with Gasteiger partial charge in [-0.05, 0) is 19.9 Å². The highest BCUT2D eigenvalue weighted by Gasteiger charge is 2.12. The Morgan fingerprint density at radius 1 is 1.41 bits per heavy atom. The fourth-order valence-electron chi connectivity index (χ4n) is 1.95. The van der Waals surface area contributed by atoms with Gasteiger partial charge in [0.1, 0.15) is 11.9 Å². The molecule has 4 nitrogen and oxygen atoms in total. The molecule has 0 aliphatic rings. The monoisotopic (exact) mass is 226 g/mol. The first-order valence-electron chi connectivity index (χ1n) is 5.58. The minimum absolute atomic E-state index is 0.614. The summed E-state index contributed by atoms with van der Waals surface area (Å²) in [7, 11) is 0. The maximum absolute atomic E-state index is 9.23. The molecule has 0 bridgehead atoms. The van der Waals surface area contributed by atoms with Gasteiger partial charge in [-0.2, -0.15) is 5.26 Å². The molecule has 0 amide bonds. The van der Waals surface area contributed by atoms with Crippen LogP contribution in [0, 0.1) is 25.2 Å². The molecule has 0 unspecified atom stereocenters. The summed E-state index contributed by atoms with van der Waals surface area (Å²) < 4.78 is 1.96. The molecule has 0 saturated carbocycles. The number of hydrogen-bond acceptors (Lipinski definition) is 3. The van der Waals surface area contributed by atoms with Crippen LogP contribution < -0.4 is 0 Å². The van der Waals surface area contributed by atoms with Crippen molar-refractivity contribution in [3.05, 3.63) is 41.2 Å². The lowest BCUT2D eigenvalue weighted by atomic mass is 10.1. The van der Waals surface area contributed by atoms with E-state index in [4.69, 9.17) is 0 Å². The fourth-order valence-corrected chi connectivity index (χ4v) is 1.95. The molecule has 0 aromatic carbocycles. The van der Waals surface area contributed by atoms with Gasteiger partial charge in [-0.25, -0.2) is 4.98 Å². The average Bonchev–Trinajstić information content (AvgIpc) is 2.75. The van der Waals surface area contributed by atoms with Crippen LogP contribution in [0.1, 0.15) is 29.7 Å². The number of rotatable bonds is 2. The summed E-state index contributed by atoms with van der Waals surface area (Å²) in [5.74, 6) is 0.950. The second-order valence-corrected chi connectivity index (χ2v) is 3.92. The van der Waals surface area contributed by atoms with Crippen LogP contribution in [-0.2, 0) is 6.42 Å². The van der Waals surface area contributed by atoms with Crippen LogP contribution in [0.3, 0.4) is 0 Å². The first kappa shape index (κ1) is 11.3. The van der Waals surface area contributed by atoms with Crippen LogP contribution in [-0.4, -0.2) is 14.5 Å². The van der Waals surface area contributed by atoms with Gasteiger partial charge in [0, 0.05) is 24.5 Å². The predicted molar refractivity (Wildman–Crippen MR) is 64.9 cm³/mol. The largest absolute Gasteiger partial charge is 0.302 e. The molecule has 0 spiro atoms. The van der Waals surface area contributed by atoms with Gasteiger partial charge in [-0.3, -0.25) is 4.98 Å². The molecular formula is C13H14N4. The van der Waals surface area contributed by atoms with Gasteiger partial charge in [0.05, 0.1) is 16.9 Å². The SMILES string of the molecule is CCc1nccn1-c1cc(C)nc(C)c1C#N. The molecule has 0 radical (unpaired) electrons.